The molecule has 0 saturated heterocycles. The minimum Gasteiger partial charge on any atom is -0.337 e. The second-order valence-corrected chi connectivity index (χ2v) is 8.97. The Morgan fingerprint density at radius 1 is 1.23 bits per heavy atom. The van der Waals surface area contributed by atoms with E-state index in [1.807, 2.05) is 0 Å². The van der Waals surface area contributed by atoms with Crippen LogP contribution >= 0.6 is 11.3 Å². The van der Waals surface area contributed by atoms with Crippen molar-refractivity contribution in [3.8, 4) is 0 Å². The molecular formula is C20H21N3O5S2. The number of carbonyl (C=O) groups excluding carboxylic acids is 2. The van der Waals surface area contributed by atoms with Crippen LogP contribution in [0.1, 0.15) is 57.6 Å². The summed E-state index contributed by atoms with van der Waals surface area (Å²) in [7, 11) is -4.32. The van der Waals surface area contributed by atoms with Gasteiger partial charge in [0.05, 0.1) is 11.4 Å². The number of ketones is 1. The van der Waals surface area contributed by atoms with Crippen molar-refractivity contribution in [2.75, 3.05) is 10.0 Å². The molecule has 3 aromatic rings. The quantitative estimate of drug-likeness (QED) is 0.539. The minimum absolute atomic E-state index is 0.131. The van der Waals surface area contributed by atoms with Gasteiger partial charge in [0, 0.05) is 19.4 Å². The maximum atomic E-state index is 13.2. The van der Waals surface area contributed by atoms with Gasteiger partial charge in [-0.1, -0.05) is 11.2 Å². The Bertz CT molecular complexity index is 1460. The van der Waals surface area contributed by atoms with Crippen LogP contribution in [-0.4, -0.2) is 25.3 Å². The van der Waals surface area contributed by atoms with Crippen molar-refractivity contribution in [2.24, 2.45) is 0 Å². The molecule has 0 bridgehead atoms. The average Bonchev–Trinajstić information content (AvgIpc) is 3.35. The summed E-state index contributed by atoms with van der Waals surface area (Å²) in [6, 6.07) is 3.04. The summed E-state index contributed by atoms with van der Waals surface area (Å²) in [5.74, 6) is -1.84. The maximum absolute atomic E-state index is 13.2. The number of rotatable bonds is 6. The fourth-order valence-corrected chi connectivity index (χ4v) is 4.96. The lowest BCUT2D eigenvalue weighted by Crippen LogP contribution is -2.20. The number of benzene rings is 1. The zero-order chi connectivity index (χ0) is 27.2. The SMILES string of the molecule is [2H]C([2H])([2H])c1cc(C(C)=O)c(NC(=O)c2sccc2S(=O)(=O)Nc2onc(C)c2C)c(C([2H])([2H])[2H])c1. The lowest BCUT2D eigenvalue weighted by atomic mass is 10.0. The van der Waals surface area contributed by atoms with Gasteiger partial charge in [0.25, 0.3) is 15.9 Å². The highest BCUT2D eigenvalue weighted by Gasteiger charge is 2.27. The Balaban J connectivity index is 2.08. The van der Waals surface area contributed by atoms with Crippen molar-refractivity contribution < 1.29 is 30.8 Å². The summed E-state index contributed by atoms with van der Waals surface area (Å²) >= 11 is 0.766. The molecule has 1 amide bonds. The molecule has 0 fully saturated rings. The summed E-state index contributed by atoms with van der Waals surface area (Å²) in [4.78, 5) is 24.8. The number of carbonyl (C=O) groups is 2. The number of hydrogen-bond donors (Lipinski definition) is 2. The molecule has 0 atom stereocenters. The fourth-order valence-electron chi connectivity index (χ4n) is 2.59. The van der Waals surface area contributed by atoms with E-state index in [0.29, 0.717) is 11.3 Å². The van der Waals surface area contributed by atoms with E-state index in [2.05, 4.69) is 15.2 Å². The van der Waals surface area contributed by atoms with Gasteiger partial charge in [0.2, 0.25) is 5.88 Å². The fraction of sp³-hybridized carbons (Fsp3) is 0.250. The normalized spacial score (nSPS) is 15.2. The van der Waals surface area contributed by atoms with Crippen LogP contribution in [0.5, 0.6) is 0 Å². The third-order valence-electron chi connectivity index (χ3n) is 4.27. The summed E-state index contributed by atoms with van der Waals surface area (Å²) in [6.07, 6.45) is 0. The highest BCUT2D eigenvalue weighted by molar-refractivity contribution is 7.93. The van der Waals surface area contributed by atoms with E-state index < -0.39 is 57.1 Å². The number of thiophene rings is 1. The van der Waals surface area contributed by atoms with E-state index in [1.54, 1.807) is 13.8 Å². The standard InChI is InChI=1S/C20H21N3O5S2/c1-10-8-11(2)17(15(9-10)14(5)24)21-19(25)18-16(6-7-29-18)30(26,27)23-20-12(3)13(4)22-28-20/h6-9,23H,1-5H3,(H,21,25)/i1D3,2D3. The van der Waals surface area contributed by atoms with Crippen molar-refractivity contribution >= 4 is 44.6 Å². The number of aryl methyl sites for hydroxylation is 3. The van der Waals surface area contributed by atoms with Gasteiger partial charge in [-0.3, -0.25) is 9.59 Å². The number of sulfonamides is 1. The van der Waals surface area contributed by atoms with E-state index in [4.69, 9.17) is 12.7 Å². The van der Waals surface area contributed by atoms with Crippen molar-refractivity contribution in [3.05, 3.63) is 56.4 Å². The van der Waals surface area contributed by atoms with Crippen LogP contribution in [0, 0.1) is 27.6 Å². The number of hydrogen-bond acceptors (Lipinski definition) is 7. The predicted molar refractivity (Wildman–Crippen MR) is 115 cm³/mol. The summed E-state index contributed by atoms with van der Waals surface area (Å²) in [5, 5.41) is 7.34. The van der Waals surface area contributed by atoms with E-state index in [9.17, 15) is 18.0 Å². The van der Waals surface area contributed by atoms with E-state index in [1.165, 1.54) is 11.4 Å². The van der Waals surface area contributed by atoms with Crippen LogP contribution in [0.2, 0.25) is 0 Å². The highest BCUT2D eigenvalue weighted by atomic mass is 32.2. The molecule has 8 nitrogen and oxygen atoms in total. The molecule has 0 spiro atoms. The molecule has 2 heterocycles. The molecule has 1 aromatic carbocycles. The number of aromatic nitrogens is 1. The smallest absolute Gasteiger partial charge is 0.267 e. The van der Waals surface area contributed by atoms with E-state index >= 15 is 0 Å². The Morgan fingerprint density at radius 2 is 2.00 bits per heavy atom. The topological polar surface area (TPSA) is 118 Å². The van der Waals surface area contributed by atoms with Gasteiger partial charge in [-0.25, -0.2) is 13.1 Å². The Hall–Kier alpha value is -2.98. The number of nitrogens with one attached hydrogen (secondary N) is 2. The van der Waals surface area contributed by atoms with Crippen LogP contribution in [0.15, 0.2) is 33.0 Å². The van der Waals surface area contributed by atoms with Crippen molar-refractivity contribution in [1.29, 1.82) is 0 Å². The van der Waals surface area contributed by atoms with Crippen LogP contribution in [0.25, 0.3) is 0 Å². The van der Waals surface area contributed by atoms with E-state index in [-0.39, 0.29) is 16.3 Å². The highest BCUT2D eigenvalue weighted by Crippen LogP contribution is 2.29. The molecule has 2 N–H and O–H groups in total. The monoisotopic (exact) mass is 453 g/mol. The molecule has 158 valence electrons. The summed E-state index contributed by atoms with van der Waals surface area (Å²) < 4.78 is 79.5. The first kappa shape index (κ1) is 14.9. The van der Waals surface area contributed by atoms with Gasteiger partial charge in [-0.2, -0.15) is 0 Å². The number of Topliss-reactive ketones (excluding diaryl/α,β-unsaturated/α-hetero) is 1. The average molecular weight is 454 g/mol. The van der Waals surface area contributed by atoms with Crippen LogP contribution < -0.4 is 10.0 Å². The number of nitrogens with zero attached hydrogens (tertiary/aromatic N) is 1. The van der Waals surface area contributed by atoms with Gasteiger partial charge in [0.1, 0.15) is 9.77 Å². The third kappa shape index (κ3) is 4.14. The van der Waals surface area contributed by atoms with Crippen molar-refractivity contribution in [1.82, 2.24) is 5.16 Å². The van der Waals surface area contributed by atoms with Crippen LogP contribution in [-0.2, 0) is 10.0 Å². The van der Waals surface area contributed by atoms with Gasteiger partial charge >= 0.3 is 0 Å². The minimum atomic E-state index is -4.32. The summed E-state index contributed by atoms with van der Waals surface area (Å²) in [6.45, 7) is -1.32. The molecule has 0 aliphatic rings. The molecule has 0 aliphatic carbocycles. The second-order valence-electron chi connectivity index (χ2n) is 6.40. The van der Waals surface area contributed by atoms with Crippen LogP contribution in [0.4, 0.5) is 11.6 Å². The molecule has 30 heavy (non-hydrogen) atoms. The zero-order valence-corrected chi connectivity index (χ0v) is 17.7. The van der Waals surface area contributed by atoms with Crippen molar-refractivity contribution in [2.45, 2.75) is 39.4 Å². The maximum Gasteiger partial charge on any atom is 0.267 e. The molecule has 0 aliphatic heterocycles. The molecule has 0 saturated carbocycles. The molecule has 0 radical (unpaired) electrons. The first-order valence-electron chi connectivity index (χ1n) is 11.5. The third-order valence-corrected chi connectivity index (χ3v) is 6.68. The van der Waals surface area contributed by atoms with Gasteiger partial charge < -0.3 is 9.84 Å². The number of amides is 1. The van der Waals surface area contributed by atoms with Gasteiger partial charge in [0.15, 0.2) is 5.78 Å². The first-order chi connectivity index (χ1) is 16.4. The van der Waals surface area contributed by atoms with Crippen molar-refractivity contribution in [3.63, 3.8) is 0 Å². The molecule has 10 heteroatoms. The van der Waals surface area contributed by atoms with Gasteiger partial charge in [-0.05, 0) is 63.1 Å². The molecule has 2 aromatic heterocycles. The largest absolute Gasteiger partial charge is 0.337 e. The first-order valence-corrected chi connectivity index (χ1v) is 10.8. The lowest BCUT2D eigenvalue weighted by molar-refractivity contribution is 0.101. The zero-order valence-electron chi connectivity index (χ0n) is 22.1. The Morgan fingerprint density at radius 3 is 2.60 bits per heavy atom. The lowest BCUT2D eigenvalue weighted by Gasteiger charge is -2.14. The Labute approximate surface area is 186 Å². The summed E-state index contributed by atoms with van der Waals surface area (Å²) in [5.41, 5.74) is -0.811. The molecular weight excluding hydrogens is 426 g/mol. The number of anilines is 2. The second kappa shape index (κ2) is 8.04. The van der Waals surface area contributed by atoms with Gasteiger partial charge in [-0.15, -0.1) is 11.3 Å². The Kier molecular flexibility index (Phi) is 4.00. The molecule has 0 unspecified atom stereocenters. The van der Waals surface area contributed by atoms with Crippen LogP contribution in [0.3, 0.4) is 0 Å². The molecule has 3 rings (SSSR count). The predicted octanol–water partition coefficient (Wildman–Crippen LogP) is 4.23. The van der Waals surface area contributed by atoms with E-state index in [0.717, 1.165) is 30.4 Å².